The van der Waals surface area contributed by atoms with Gasteiger partial charge in [-0.15, -0.1) is 0 Å². The van der Waals surface area contributed by atoms with Gasteiger partial charge in [-0.25, -0.2) is 0 Å². The Morgan fingerprint density at radius 2 is 2.00 bits per heavy atom. The summed E-state index contributed by atoms with van der Waals surface area (Å²) in [7, 11) is 0. The van der Waals surface area contributed by atoms with Gasteiger partial charge in [0.15, 0.2) is 0 Å². The maximum Gasteiger partial charge on any atom is 0.227 e. The van der Waals surface area contributed by atoms with E-state index >= 15 is 0 Å². The third-order valence-corrected chi connectivity index (χ3v) is 2.81. The van der Waals surface area contributed by atoms with E-state index in [-0.39, 0.29) is 11.8 Å². The highest BCUT2D eigenvalue weighted by Crippen LogP contribution is 2.38. The number of hydrogen-bond acceptors (Lipinski definition) is 1. The highest BCUT2D eigenvalue weighted by molar-refractivity contribution is 6.30. The van der Waals surface area contributed by atoms with Crippen molar-refractivity contribution < 1.29 is 4.79 Å². The Labute approximate surface area is 88.3 Å². The van der Waals surface area contributed by atoms with Gasteiger partial charge >= 0.3 is 0 Å². The maximum atomic E-state index is 11.5. The molecule has 2 nitrogen and oxygen atoms in total. The number of nitrogens with one attached hydrogen (secondary N) is 1. The summed E-state index contributed by atoms with van der Waals surface area (Å²) in [6.45, 7) is 2.09. The van der Waals surface area contributed by atoms with Crippen molar-refractivity contribution in [3.05, 3.63) is 29.3 Å². The van der Waals surface area contributed by atoms with Crippen LogP contribution in [-0.2, 0) is 4.79 Å². The quantitative estimate of drug-likeness (QED) is 0.797. The lowest BCUT2D eigenvalue weighted by Crippen LogP contribution is -2.14. The molecule has 1 aliphatic rings. The van der Waals surface area contributed by atoms with Gasteiger partial charge in [0.1, 0.15) is 0 Å². The molecule has 0 saturated heterocycles. The van der Waals surface area contributed by atoms with Gasteiger partial charge in [0.25, 0.3) is 0 Å². The SMILES string of the molecule is CC1CC1C(=O)Nc1ccc(Cl)cc1. The minimum atomic E-state index is 0.125. The van der Waals surface area contributed by atoms with E-state index in [0.717, 1.165) is 12.1 Å². The molecule has 0 bridgehead atoms. The van der Waals surface area contributed by atoms with E-state index in [1.54, 1.807) is 12.1 Å². The van der Waals surface area contributed by atoms with Crippen molar-refractivity contribution in [3.8, 4) is 0 Å². The van der Waals surface area contributed by atoms with Crippen LogP contribution in [0.5, 0.6) is 0 Å². The van der Waals surface area contributed by atoms with E-state index in [2.05, 4.69) is 12.2 Å². The van der Waals surface area contributed by atoms with E-state index in [1.807, 2.05) is 12.1 Å². The zero-order valence-electron chi connectivity index (χ0n) is 7.96. The molecule has 1 aromatic carbocycles. The van der Waals surface area contributed by atoms with Gasteiger partial charge in [0, 0.05) is 16.6 Å². The van der Waals surface area contributed by atoms with Gasteiger partial charge in [-0.3, -0.25) is 4.79 Å². The Balaban J connectivity index is 1.97. The van der Waals surface area contributed by atoms with Gasteiger partial charge in [-0.05, 0) is 36.6 Å². The number of rotatable bonds is 2. The van der Waals surface area contributed by atoms with Crippen LogP contribution in [-0.4, -0.2) is 5.91 Å². The van der Waals surface area contributed by atoms with Crippen molar-refractivity contribution >= 4 is 23.2 Å². The number of amides is 1. The number of hydrogen-bond donors (Lipinski definition) is 1. The highest BCUT2D eigenvalue weighted by atomic mass is 35.5. The molecule has 1 aromatic rings. The molecule has 14 heavy (non-hydrogen) atoms. The summed E-state index contributed by atoms with van der Waals surface area (Å²) in [4.78, 5) is 11.5. The Hall–Kier alpha value is -1.02. The summed E-state index contributed by atoms with van der Waals surface area (Å²) in [5.41, 5.74) is 0.818. The first-order valence-electron chi connectivity index (χ1n) is 4.73. The lowest BCUT2D eigenvalue weighted by Gasteiger charge is -2.03. The molecule has 2 atom stereocenters. The number of anilines is 1. The summed E-state index contributed by atoms with van der Waals surface area (Å²) in [6, 6.07) is 7.17. The summed E-state index contributed by atoms with van der Waals surface area (Å²) in [6.07, 6.45) is 1.01. The Bertz CT molecular complexity index is 347. The fraction of sp³-hybridized carbons (Fsp3) is 0.364. The molecular formula is C11H12ClNO. The molecule has 1 amide bonds. The van der Waals surface area contributed by atoms with Gasteiger partial charge in [0.2, 0.25) is 5.91 Å². The third-order valence-electron chi connectivity index (χ3n) is 2.56. The first-order chi connectivity index (χ1) is 6.66. The van der Waals surface area contributed by atoms with E-state index in [1.165, 1.54) is 0 Å². The number of halogens is 1. The van der Waals surface area contributed by atoms with Gasteiger partial charge in [-0.1, -0.05) is 18.5 Å². The highest BCUT2D eigenvalue weighted by Gasteiger charge is 2.38. The van der Waals surface area contributed by atoms with E-state index < -0.39 is 0 Å². The first kappa shape index (κ1) is 9.53. The van der Waals surface area contributed by atoms with Crippen molar-refractivity contribution in [2.45, 2.75) is 13.3 Å². The topological polar surface area (TPSA) is 29.1 Å². The van der Waals surface area contributed by atoms with Crippen LogP contribution in [0.15, 0.2) is 24.3 Å². The second kappa shape index (κ2) is 3.62. The molecule has 74 valence electrons. The number of benzene rings is 1. The Kier molecular flexibility index (Phi) is 2.46. The summed E-state index contributed by atoms with van der Waals surface area (Å²) < 4.78 is 0. The van der Waals surface area contributed by atoms with Crippen LogP contribution in [0, 0.1) is 11.8 Å². The third kappa shape index (κ3) is 2.07. The second-order valence-electron chi connectivity index (χ2n) is 3.82. The lowest BCUT2D eigenvalue weighted by molar-refractivity contribution is -0.117. The van der Waals surface area contributed by atoms with Crippen LogP contribution in [0.25, 0.3) is 0 Å². The summed E-state index contributed by atoms with van der Waals surface area (Å²) in [5, 5.41) is 3.55. The van der Waals surface area contributed by atoms with Gasteiger partial charge < -0.3 is 5.32 Å². The average Bonchev–Trinajstić information content (AvgIpc) is 2.87. The Morgan fingerprint density at radius 1 is 1.43 bits per heavy atom. The molecule has 2 rings (SSSR count). The summed E-state index contributed by atoms with van der Waals surface area (Å²) in [5.74, 6) is 0.882. The molecule has 1 saturated carbocycles. The fourth-order valence-electron chi connectivity index (χ4n) is 1.46. The average molecular weight is 210 g/mol. The largest absolute Gasteiger partial charge is 0.326 e. The van der Waals surface area contributed by atoms with Crippen molar-refractivity contribution in [1.29, 1.82) is 0 Å². The molecule has 0 aromatic heterocycles. The number of carbonyl (C=O) groups is 1. The maximum absolute atomic E-state index is 11.5. The van der Waals surface area contributed by atoms with Crippen LogP contribution in [0.2, 0.25) is 5.02 Å². The van der Waals surface area contributed by atoms with Crippen molar-refractivity contribution in [2.24, 2.45) is 11.8 Å². The van der Waals surface area contributed by atoms with Crippen LogP contribution >= 0.6 is 11.6 Å². The van der Waals surface area contributed by atoms with Crippen LogP contribution in [0.3, 0.4) is 0 Å². The fourth-order valence-corrected chi connectivity index (χ4v) is 1.58. The molecule has 0 heterocycles. The van der Waals surface area contributed by atoms with E-state index in [0.29, 0.717) is 10.9 Å². The van der Waals surface area contributed by atoms with Gasteiger partial charge in [-0.2, -0.15) is 0 Å². The molecule has 1 aliphatic carbocycles. The Morgan fingerprint density at radius 3 is 2.50 bits per heavy atom. The van der Waals surface area contributed by atoms with Crippen molar-refractivity contribution in [2.75, 3.05) is 5.32 Å². The monoisotopic (exact) mass is 209 g/mol. The molecule has 2 unspecified atom stereocenters. The van der Waals surface area contributed by atoms with E-state index in [4.69, 9.17) is 11.6 Å². The van der Waals surface area contributed by atoms with E-state index in [9.17, 15) is 4.79 Å². The standard InChI is InChI=1S/C11H12ClNO/c1-7-6-10(7)11(14)13-9-4-2-8(12)3-5-9/h2-5,7,10H,6H2,1H3,(H,13,14). The van der Waals surface area contributed by atoms with Crippen LogP contribution < -0.4 is 5.32 Å². The van der Waals surface area contributed by atoms with Gasteiger partial charge in [0.05, 0.1) is 0 Å². The first-order valence-corrected chi connectivity index (χ1v) is 5.11. The summed E-state index contributed by atoms with van der Waals surface area (Å²) >= 11 is 5.73. The van der Waals surface area contributed by atoms with Crippen LogP contribution in [0.1, 0.15) is 13.3 Å². The molecule has 0 spiro atoms. The minimum Gasteiger partial charge on any atom is -0.326 e. The zero-order valence-corrected chi connectivity index (χ0v) is 8.71. The minimum absolute atomic E-state index is 0.125. The smallest absolute Gasteiger partial charge is 0.227 e. The molecule has 1 fully saturated rings. The molecule has 0 radical (unpaired) electrons. The molecule has 3 heteroatoms. The molecular weight excluding hydrogens is 198 g/mol. The molecule has 0 aliphatic heterocycles. The van der Waals surface area contributed by atoms with Crippen molar-refractivity contribution in [1.82, 2.24) is 0 Å². The molecule has 1 N–H and O–H groups in total. The number of carbonyl (C=O) groups excluding carboxylic acids is 1. The predicted octanol–water partition coefficient (Wildman–Crippen LogP) is 2.93. The van der Waals surface area contributed by atoms with Crippen molar-refractivity contribution in [3.63, 3.8) is 0 Å². The second-order valence-corrected chi connectivity index (χ2v) is 4.25. The normalized spacial score (nSPS) is 24.4. The lowest BCUT2D eigenvalue weighted by atomic mass is 10.3. The van der Waals surface area contributed by atoms with Crippen LogP contribution in [0.4, 0.5) is 5.69 Å². The zero-order chi connectivity index (χ0) is 10.1. The predicted molar refractivity (Wildman–Crippen MR) is 57.4 cm³/mol.